The summed E-state index contributed by atoms with van der Waals surface area (Å²) >= 11 is 0. The van der Waals surface area contributed by atoms with Crippen molar-refractivity contribution in [3.63, 3.8) is 0 Å². The van der Waals surface area contributed by atoms with Gasteiger partial charge in [-0.15, -0.1) is 0 Å². The summed E-state index contributed by atoms with van der Waals surface area (Å²) < 4.78 is 0. The number of hydrogen-bond donors (Lipinski definition) is 3. The number of hydrazine groups is 1. The highest BCUT2D eigenvalue weighted by Gasteiger charge is 2.16. The highest BCUT2D eigenvalue weighted by molar-refractivity contribution is 6.00. The lowest BCUT2D eigenvalue weighted by Crippen LogP contribution is -2.28. The van der Waals surface area contributed by atoms with Gasteiger partial charge in [-0.1, -0.05) is 60.7 Å². The summed E-state index contributed by atoms with van der Waals surface area (Å²) in [5, 5.41) is 9.27. The average Bonchev–Trinajstić information content (AvgIpc) is 2.46. The van der Waals surface area contributed by atoms with Gasteiger partial charge in [0.15, 0.2) is 0 Å². The van der Waals surface area contributed by atoms with Crippen LogP contribution in [-0.4, -0.2) is 11.1 Å². The zero-order valence-electron chi connectivity index (χ0n) is 10.2. The van der Waals surface area contributed by atoms with Gasteiger partial charge < -0.3 is 10.5 Å². The van der Waals surface area contributed by atoms with Gasteiger partial charge in [0.1, 0.15) is 5.70 Å². The molecule has 0 bridgehead atoms. The molecule has 0 aliphatic carbocycles. The van der Waals surface area contributed by atoms with Crippen molar-refractivity contribution in [2.45, 2.75) is 0 Å². The molecule has 0 aromatic heterocycles. The summed E-state index contributed by atoms with van der Waals surface area (Å²) in [7, 11) is 0. The second kappa shape index (κ2) is 5.84. The molecule has 2 aromatic rings. The Morgan fingerprint density at radius 3 is 1.63 bits per heavy atom. The van der Waals surface area contributed by atoms with Crippen molar-refractivity contribution in [3.8, 4) is 0 Å². The Morgan fingerprint density at radius 2 is 1.32 bits per heavy atom. The van der Waals surface area contributed by atoms with Crippen LogP contribution in [0, 0.1) is 0 Å². The molecule has 4 N–H and O–H groups in total. The summed E-state index contributed by atoms with van der Waals surface area (Å²) in [5.41, 5.74) is 4.41. The van der Waals surface area contributed by atoms with Gasteiger partial charge in [0.2, 0.25) is 0 Å². The summed E-state index contributed by atoms with van der Waals surface area (Å²) in [6.45, 7) is 0. The predicted octanol–water partition coefficient (Wildman–Crippen LogP) is 1.99. The van der Waals surface area contributed by atoms with Crippen LogP contribution in [0.3, 0.4) is 0 Å². The van der Waals surface area contributed by atoms with E-state index < -0.39 is 5.97 Å². The second-order valence-electron chi connectivity index (χ2n) is 3.93. The molecule has 0 unspecified atom stereocenters. The van der Waals surface area contributed by atoms with Gasteiger partial charge in [-0.25, -0.2) is 4.79 Å². The number of nitrogens with one attached hydrogen (secondary N) is 1. The van der Waals surface area contributed by atoms with Gasteiger partial charge in [-0.2, -0.15) is 0 Å². The van der Waals surface area contributed by atoms with E-state index in [1.54, 1.807) is 0 Å². The molecule has 4 heteroatoms. The van der Waals surface area contributed by atoms with Crippen LogP contribution < -0.4 is 11.3 Å². The molecule has 96 valence electrons. The fourth-order valence-electron chi connectivity index (χ4n) is 1.91. The first-order valence-corrected chi connectivity index (χ1v) is 5.79. The molecule has 2 rings (SSSR count). The van der Waals surface area contributed by atoms with E-state index in [0.717, 1.165) is 11.1 Å². The fourth-order valence-corrected chi connectivity index (χ4v) is 1.91. The Hall–Kier alpha value is -2.59. The van der Waals surface area contributed by atoms with E-state index in [0.29, 0.717) is 5.57 Å². The molecule has 19 heavy (non-hydrogen) atoms. The van der Waals surface area contributed by atoms with Crippen LogP contribution in [0.15, 0.2) is 66.4 Å². The molecule has 0 aliphatic rings. The van der Waals surface area contributed by atoms with Gasteiger partial charge in [-0.3, -0.25) is 5.84 Å². The van der Waals surface area contributed by atoms with Crippen molar-refractivity contribution in [2.24, 2.45) is 5.84 Å². The largest absolute Gasteiger partial charge is 0.477 e. The maximum Gasteiger partial charge on any atom is 0.353 e. The topological polar surface area (TPSA) is 75.3 Å². The SMILES string of the molecule is NNC(C(=O)O)=C(c1ccccc1)c1ccccc1. The summed E-state index contributed by atoms with van der Waals surface area (Å²) in [4.78, 5) is 11.3. The number of carboxylic acid groups (broad SMARTS) is 1. The highest BCUT2D eigenvalue weighted by Crippen LogP contribution is 2.25. The minimum Gasteiger partial charge on any atom is -0.477 e. The quantitative estimate of drug-likeness (QED) is 0.443. The first-order valence-electron chi connectivity index (χ1n) is 5.79. The maximum absolute atomic E-state index is 11.3. The molecule has 0 amide bonds. The van der Waals surface area contributed by atoms with Gasteiger partial charge in [0.05, 0.1) is 0 Å². The van der Waals surface area contributed by atoms with Crippen LogP contribution >= 0.6 is 0 Å². The lowest BCUT2D eigenvalue weighted by molar-refractivity contribution is -0.133. The summed E-state index contributed by atoms with van der Waals surface area (Å²) in [6.07, 6.45) is 0. The molecular formula is C15H14N2O2. The zero-order valence-corrected chi connectivity index (χ0v) is 10.2. The minimum absolute atomic E-state index is 0.0302. The van der Waals surface area contributed by atoms with Gasteiger partial charge in [0.25, 0.3) is 0 Å². The standard InChI is InChI=1S/C15H14N2O2/c16-17-14(15(18)19)13(11-7-3-1-4-8-11)12-9-5-2-6-10-12/h1-10,17H,16H2,(H,18,19). The van der Waals surface area contributed by atoms with E-state index >= 15 is 0 Å². The van der Waals surface area contributed by atoms with Crippen LogP contribution in [-0.2, 0) is 4.79 Å². The average molecular weight is 254 g/mol. The number of rotatable bonds is 4. The first kappa shape index (κ1) is 12.9. The summed E-state index contributed by atoms with van der Waals surface area (Å²) in [6, 6.07) is 18.6. The number of carboxylic acids is 1. The molecule has 0 saturated heterocycles. The van der Waals surface area contributed by atoms with E-state index in [1.165, 1.54) is 0 Å². The number of benzene rings is 2. The van der Waals surface area contributed by atoms with Crippen molar-refractivity contribution >= 4 is 11.5 Å². The van der Waals surface area contributed by atoms with E-state index in [9.17, 15) is 9.90 Å². The highest BCUT2D eigenvalue weighted by atomic mass is 16.4. The lowest BCUT2D eigenvalue weighted by Gasteiger charge is -2.12. The molecule has 0 radical (unpaired) electrons. The Morgan fingerprint density at radius 1 is 0.895 bits per heavy atom. The molecule has 0 heterocycles. The number of aliphatic carboxylic acids is 1. The molecule has 4 nitrogen and oxygen atoms in total. The zero-order chi connectivity index (χ0) is 13.7. The van der Waals surface area contributed by atoms with Gasteiger partial charge >= 0.3 is 5.97 Å². The molecule has 0 atom stereocenters. The maximum atomic E-state index is 11.3. The van der Waals surface area contributed by atoms with Crippen molar-refractivity contribution in [1.29, 1.82) is 0 Å². The van der Waals surface area contributed by atoms with Crippen LogP contribution in [0.25, 0.3) is 5.57 Å². The van der Waals surface area contributed by atoms with Gasteiger partial charge in [-0.05, 0) is 11.1 Å². The van der Waals surface area contributed by atoms with Crippen molar-refractivity contribution in [2.75, 3.05) is 0 Å². The Balaban J connectivity index is 2.68. The fraction of sp³-hybridized carbons (Fsp3) is 0. The van der Waals surface area contributed by atoms with Crippen molar-refractivity contribution in [3.05, 3.63) is 77.5 Å². The van der Waals surface area contributed by atoms with Crippen LogP contribution in [0.2, 0.25) is 0 Å². The minimum atomic E-state index is -1.09. The normalized spacial score (nSPS) is 9.74. The van der Waals surface area contributed by atoms with Crippen molar-refractivity contribution in [1.82, 2.24) is 5.43 Å². The molecule has 0 spiro atoms. The third-order valence-corrected chi connectivity index (χ3v) is 2.73. The molecular weight excluding hydrogens is 240 g/mol. The van der Waals surface area contributed by atoms with Gasteiger partial charge in [0, 0.05) is 5.57 Å². The monoisotopic (exact) mass is 254 g/mol. The first-order chi connectivity index (χ1) is 9.24. The molecule has 2 aromatic carbocycles. The number of nitrogens with two attached hydrogens (primary N) is 1. The number of hydrogen-bond acceptors (Lipinski definition) is 3. The smallest absolute Gasteiger partial charge is 0.353 e. The van der Waals surface area contributed by atoms with E-state index in [4.69, 9.17) is 5.84 Å². The third-order valence-electron chi connectivity index (χ3n) is 2.73. The third kappa shape index (κ3) is 2.81. The Kier molecular flexibility index (Phi) is 3.95. The number of carbonyl (C=O) groups is 1. The van der Waals surface area contributed by atoms with Crippen LogP contribution in [0.5, 0.6) is 0 Å². The Labute approximate surface area is 111 Å². The summed E-state index contributed by atoms with van der Waals surface area (Å²) in [5.74, 6) is 4.27. The lowest BCUT2D eigenvalue weighted by atomic mass is 9.96. The van der Waals surface area contributed by atoms with Crippen LogP contribution in [0.1, 0.15) is 11.1 Å². The molecule has 0 aliphatic heterocycles. The Bertz CT molecular complexity index is 551. The molecule has 0 saturated carbocycles. The van der Waals surface area contributed by atoms with E-state index in [1.807, 2.05) is 60.7 Å². The molecule has 0 fully saturated rings. The van der Waals surface area contributed by atoms with E-state index in [2.05, 4.69) is 5.43 Å². The van der Waals surface area contributed by atoms with Crippen LogP contribution in [0.4, 0.5) is 0 Å². The predicted molar refractivity (Wildman–Crippen MR) is 73.9 cm³/mol. The second-order valence-corrected chi connectivity index (χ2v) is 3.93. The van der Waals surface area contributed by atoms with Crippen molar-refractivity contribution < 1.29 is 9.90 Å². The van der Waals surface area contributed by atoms with E-state index in [-0.39, 0.29) is 5.70 Å².